The summed E-state index contributed by atoms with van der Waals surface area (Å²) in [6.45, 7) is 0. The van der Waals surface area contributed by atoms with Crippen LogP contribution in [0.5, 0.6) is 0 Å². The molecule has 0 bridgehead atoms. The molecule has 0 saturated heterocycles. The van der Waals surface area contributed by atoms with Crippen LogP contribution < -0.4 is 5.73 Å². The van der Waals surface area contributed by atoms with E-state index in [0.717, 1.165) is 0 Å². The Morgan fingerprint density at radius 2 is 2.06 bits per heavy atom. The summed E-state index contributed by atoms with van der Waals surface area (Å²) in [6, 6.07) is 4.65. The topological polar surface area (TPSA) is 104 Å². The average molecular weight is 290 g/mol. The van der Waals surface area contributed by atoms with Crippen molar-refractivity contribution >= 4 is 27.6 Å². The summed E-state index contributed by atoms with van der Waals surface area (Å²) >= 11 is 3.18. The zero-order chi connectivity index (χ0) is 12.3. The van der Waals surface area contributed by atoms with Crippen LogP contribution in [0.4, 0.5) is 5.69 Å². The van der Waals surface area contributed by atoms with Crippen LogP contribution >= 0.6 is 15.9 Å². The number of halogens is 1. The number of rotatable bonds is 4. The number of carboxylic acids is 1. The van der Waals surface area contributed by atoms with Crippen molar-refractivity contribution in [2.75, 3.05) is 5.73 Å². The molecule has 5 N–H and O–H groups in total. The lowest BCUT2D eigenvalue weighted by molar-refractivity contribution is -0.141. The number of hydrogen-bond donors (Lipinski definition) is 4. The largest absolute Gasteiger partial charge is 0.481 e. The number of hydrogen-bond acceptors (Lipinski definition) is 4. The van der Waals surface area contributed by atoms with Gasteiger partial charge in [0.05, 0.1) is 12.5 Å². The first kappa shape index (κ1) is 13.0. The number of carbonyl (C=O) groups is 1. The van der Waals surface area contributed by atoms with Crippen LogP contribution in [0.2, 0.25) is 0 Å². The number of nitrogen functional groups attached to an aromatic ring is 1. The number of nitrogens with two attached hydrogens (primary N) is 1. The van der Waals surface area contributed by atoms with Gasteiger partial charge in [0.1, 0.15) is 6.10 Å². The highest BCUT2D eigenvalue weighted by atomic mass is 79.9. The van der Waals surface area contributed by atoms with Gasteiger partial charge in [-0.1, -0.05) is 6.07 Å². The molecule has 0 aliphatic rings. The minimum atomic E-state index is -1.34. The summed E-state index contributed by atoms with van der Waals surface area (Å²) in [5.41, 5.74) is 6.48. The third kappa shape index (κ3) is 3.19. The molecular formula is C10H12BrNO4. The van der Waals surface area contributed by atoms with Gasteiger partial charge in [0.25, 0.3) is 0 Å². The molecule has 2 unspecified atom stereocenters. The quantitative estimate of drug-likeness (QED) is 0.617. The minimum absolute atomic E-state index is 0.412. The van der Waals surface area contributed by atoms with E-state index in [0.29, 0.717) is 15.7 Å². The lowest BCUT2D eigenvalue weighted by atomic mass is 10.0. The third-order valence-electron chi connectivity index (χ3n) is 2.11. The van der Waals surface area contributed by atoms with Crippen molar-refractivity contribution in [2.45, 2.75) is 18.6 Å². The Morgan fingerprint density at radius 1 is 1.44 bits per heavy atom. The van der Waals surface area contributed by atoms with Crippen LogP contribution in [0.3, 0.4) is 0 Å². The van der Waals surface area contributed by atoms with Crippen molar-refractivity contribution in [1.82, 2.24) is 0 Å². The Hall–Kier alpha value is -1.11. The predicted molar refractivity (Wildman–Crippen MR) is 61.8 cm³/mol. The van der Waals surface area contributed by atoms with Crippen LogP contribution in [0.1, 0.15) is 18.1 Å². The second kappa shape index (κ2) is 5.29. The fourth-order valence-corrected chi connectivity index (χ4v) is 1.64. The van der Waals surface area contributed by atoms with Gasteiger partial charge in [0.2, 0.25) is 0 Å². The summed E-state index contributed by atoms with van der Waals surface area (Å²) in [6.07, 6.45) is -3.09. The highest BCUT2D eigenvalue weighted by Gasteiger charge is 2.21. The van der Waals surface area contributed by atoms with E-state index in [9.17, 15) is 15.0 Å². The molecule has 1 rings (SSSR count). The number of aliphatic carboxylic acids is 1. The van der Waals surface area contributed by atoms with Crippen molar-refractivity contribution in [3.63, 3.8) is 0 Å². The number of benzene rings is 1. The molecular weight excluding hydrogens is 278 g/mol. The molecule has 88 valence electrons. The summed E-state index contributed by atoms with van der Waals surface area (Å²) < 4.78 is 0.589. The Morgan fingerprint density at radius 3 is 2.56 bits per heavy atom. The van der Waals surface area contributed by atoms with Crippen molar-refractivity contribution in [3.8, 4) is 0 Å². The fourth-order valence-electron chi connectivity index (χ4n) is 1.24. The minimum Gasteiger partial charge on any atom is -0.481 e. The summed E-state index contributed by atoms with van der Waals surface area (Å²) in [7, 11) is 0. The molecule has 0 amide bonds. The van der Waals surface area contributed by atoms with Gasteiger partial charge in [-0.2, -0.15) is 0 Å². The predicted octanol–water partition coefficient (Wildman–Crippen LogP) is 0.900. The number of aliphatic hydroxyl groups is 2. The Balaban J connectivity index is 2.83. The van der Waals surface area contributed by atoms with Crippen LogP contribution in [-0.2, 0) is 4.79 Å². The van der Waals surface area contributed by atoms with Gasteiger partial charge in [0.15, 0.2) is 0 Å². The van der Waals surface area contributed by atoms with E-state index in [2.05, 4.69) is 15.9 Å². The maximum absolute atomic E-state index is 10.4. The maximum atomic E-state index is 10.4. The van der Waals surface area contributed by atoms with Gasteiger partial charge >= 0.3 is 5.97 Å². The van der Waals surface area contributed by atoms with Crippen LogP contribution in [0, 0.1) is 0 Å². The van der Waals surface area contributed by atoms with Gasteiger partial charge < -0.3 is 21.1 Å². The third-order valence-corrected chi connectivity index (χ3v) is 2.80. The van der Waals surface area contributed by atoms with E-state index in [1.807, 2.05) is 0 Å². The first-order valence-corrected chi connectivity index (χ1v) is 5.34. The first-order valence-electron chi connectivity index (χ1n) is 4.54. The second-order valence-electron chi connectivity index (χ2n) is 3.39. The van der Waals surface area contributed by atoms with E-state index in [1.165, 1.54) is 6.07 Å². The van der Waals surface area contributed by atoms with Crippen molar-refractivity contribution in [1.29, 1.82) is 0 Å². The highest BCUT2D eigenvalue weighted by Crippen LogP contribution is 2.26. The second-order valence-corrected chi connectivity index (χ2v) is 4.25. The standard InChI is InChI=1S/C10H12BrNO4/c11-6-3-5(1-2-7(6)12)10(16)8(13)4-9(14)15/h1-3,8,10,13,16H,4,12H2,(H,14,15). The molecule has 5 nitrogen and oxygen atoms in total. The molecule has 0 aliphatic carbocycles. The smallest absolute Gasteiger partial charge is 0.306 e. The van der Waals surface area contributed by atoms with E-state index in [-0.39, 0.29) is 0 Å². The van der Waals surface area contributed by atoms with E-state index in [1.54, 1.807) is 12.1 Å². The summed E-state index contributed by atoms with van der Waals surface area (Å²) in [4.78, 5) is 10.4. The van der Waals surface area contributed by atoms with Crippen molar-refractivity contribution in [2.24, 2.45) is 0 Å². The van der Waals surface area contributed by atoms with E-state index < -0.39 is 24.6 Å². The molecule has 0 spiro atoms. The fraction of sp³-hybridized carbons (Fsp3) is 0.300. The molecule has 16 heavy (non-hydrogen) atoms. The molecule has 0 heterocycles. The van der Waals surface area contributed by atoms with Crippen molar-refractivity contribution in [3.05, 3.63) is 28.2 Å². The Kier molecular flexibility index (Phi) is 4.28. The highest BCUT2D eigenvalue weighted by molar-refractivity contribution is 9.10. The SMILES string of the molecule is Nc1ccc(C(O)C(O)CC(=O)O)cc1Br. The molecule has 0 saturated carbocycles. The normalized spacial score (nSPS) is 14.4. The summed E-state index contributed by atoms with van der Waals surface area (Å²) in [5.74, 6) is -1.17. The maximum Gasteiger partial charge on any atom is 0.306 e. The Labute approximate surface area is 101 Å². The first-order chi connectivity index (χ1) is 7.41. The van der Waals surface area contributed by atoms with Gasteiger partial charge in [-0.3, -0.25) is 4.79 Å². The lowest BCUT2D eigenvalue weighted by Crippen LogP contribution is -2.21. The van der Waals surface area contributed by atoms with Crippen LogP contribution in [-0.4, -0.2) is 27.4 Å². The number of carboxylic acid groups (broad SMARTS) is 1. The molecule has 0 aromatic heterocycles. The van der Waals surface area contributed by atoms with Gasteiger partial charge in [-0.25, -0.2) is 0 Å². The average Bonchev–Trinajstić information content (AvgIpc) is 2.20. The van der Waals surface area contributed by atoms with Crippen molar-refractivity contribution < 1.29 is 20.1 Å². The van der Waals surface area contributed by atoms with Crippen LogP contribution in [0.15, 0.2) is 22.7 Å². The number of anilines is 1. The summed E-state index contributed by atoms with van der Waals surface area (Å²) in [5, 5.41) is 27.6. The van der Waals surface area contributed by atoms with E-state index in [4.69, 9.17) is 10.8 Å². The zero-order valence-corrected chi connectivity index (χ0v) is 9.89. The monoisotopic (exact) mass is 289 g/mol. The van der Waals surface area contributed by atoms with Gasteiger partial charge in [-0.05, 0) is 33.6 Å². The van der Waals surface area contributed by atoms with Crippen LogP contribution in [0.25, 0.3) is 0 Å². The lowest BCUT2D eigenvalue weighted by Gasteiger charge is -2.17. The molecule has 0 fully saturated rings. The Bertz CT molecular complexity index is 396. The number of aliphatic hydroxyl groups excluding tert-OH is 2. The molecule has 1 aromatic carbocycles. The molecule has 0 aliphatic heterocycles. The zero-order valence-electron chi connectivity index (χ0n) is 8.30. The van der Waals surface area contributed by atoms with Gasteiger partial charge in [0, 0.05) is 10.2 Å². The van der Waals surface area contributed by atoms with E-state index >= 15 is 0 Å². The molecule has 6 heteroatoms. The van der Waals surface area contributed by atoms with Gasteiger partial charge in [-0.15, -0.1) is 0 Å². The molecule has 2 atom stereocenters. The molecule has 1 aromatic rings. The molecule has 0 radical (unpaired) electrons.